The molecule has 2 fully saturated rings. The lowest BCUT2D eigenvalue weighted by Gasteiger charge is -2.27. The second-order valence-corrected chi connectivity index (χ2v) is 10.8. The van der Waals surface area contributed by atoms with Crippen molar-refractivity contribution in [1.82, 2.24) is 29.8 Å². The number of rotatable bonds is 7. The molecule has 42 heavy (non-hydrogen) atoms. The fraction of sp³-hybridized carbons (Fsp3) is 0.355. The van der Waals surface area contributed by atoms with Crippen LogP contribution in [-0.4, -0.2) is 69.0 Å². The Kier molecular flexibility index (Phi) is 7.26. The van der Waals surface area contributed by atoms with Crippen LogP contribution >= 0.6 is 0 Å². The molecule has 1 saturated heterocycles. The predicted molar refractivity (Wildman–Crippen MR) is 155 cm³/mol. The van der Waals surface area contributed by atoms with E-state index in [1.54, 1.807) is 18.0 Å². The minimum absolute atomic E-state index is 0.0445. The number of nitrogens with zero attached hydrogens (tertiary/aromatic N) is 7. The van der Waals surface area contributed by atoms with Gasteiger partial charge >= 0.3 is 6.01 Å². The first-order chi connectivity index (χ1) is 20.2. The Morgan fingerprint density at radius 3 is 2.67 bits per heavy atom. The first-order valence-electron chi connectivity index (χ1n) is 13.9. The van der Waals surface area contributed by atoms with E-state index in [-0.39, 0.29) is 34.9 Å². The minimum Gasteiger partial charge on any atom is -0.467 e. The van der Waals surface area contributed by atoms with Crippen LogP contribution in [0.25, 0.3) is 28.2 Å². The molecule has 11 heteroatoms. The zero-order valence-corrected chi connectivity index (χ0v) is 23.9. The van der Waals surface area contributed by atoms with Crippen molar-refractivity contribution < 1.29 is 18.3 Å². The van der Waals surface area contributed by atoms with Gasteiger partial charge in [0, 0.05) is 44.0 Å². The number of benzene rings is 1. The summed E-state index contributed by atoms with van der Waals surface area (Å²) in [6.07, 6.45) is 8.22. The first kappa shape index (κ1) is 27.6. The average molecular weight is 572 g/mol. The second kappa shape index (κ2) is 11.0. The van der Waals surface area contributed by atoms with Crippen LogP contribution in [0.4, 0.5) is 14.6 Å². The summed E-state index contributed by atoms with van der Waals surface area (Å²) >= 11 is 0. The quantitative estimate of drug-likeness (QED) is 0.286. The van der Waals surface area contributed by atoms with E-state index in [1.807, 2.05) is 24.1 Å². The maximum atomic E-state index is 16.2. The van der Waals surface area contributed by atoms with E-state index in [9.17, 15) is 9.18 Å². The van der Waals surface area contributed by atoms with Gasteiger partial charge in [-0.1, -0.05) is 18.2 Å². The standard InChI is InChI=1S/C31H31F2N7O2/c1-17-6-5-7-21(26(17)19-8-9-19)28-27(33)29-22(14-35-28)30(38-31(37-29)42-4)39(3)20-12-13-40(16-20)25(41)11-10-24-23(32)15-34-18(2)36-24/h5-7,10-11,14-15,19-20H,8-9,12-13,16H2,1-4H3/b11-10+. The minimum atomic E-state index is -0.594. The molecule has 1 aliphatic heterocycles. The molecule has 9 nitrogen and oxygen atoms in total. The lowest BCUT2D eigenvalue weighted by Crippen LogP contribution is -2.36. The molecule has 1 aromatic carbocycles. The molecular weight excluding hydrogens is 540 g/mol. The Morgan fingerprint density at radius 2 is 1.90 bits per heavy atom. The van der Waals surface area contributed by atoms with Gasteiger partial charge in [-0.3, -0.25) is 9.78 Å². The highest BCUT2D eigenvalue weighted by atomic mass is 19.1. The number of carbonyl (C=O) groups excluding carboxylic acids is 1. The molecule has 1 atom stereocenters. The number of halogens is 2. The number of likely N-dealkylation sites (tertiary alicyclic amines) is 1. The van der Waals surface area contributed by atoms with E-state index in [1.165, 1.54) is 19.3 Å². The Balaban J connectivity index is 1.28. The maximum Gasteiger partial charge on any atom is 0.318 e. The van der Waals surface area contributed by atoms with E-state index in [2.05, 4.69) is 37.9 Å². The summed E-state index contributed by atoms with van der Waals surface area (Å²) in [5.41, 5.74) is 3.52. The molecule has 1 aliphatic carbocycles. The van der Waals surface area contributed by atoms with Crippen molar-refractivity contribution in [2.75, 3.05) is 32.1 Å². The van der Waals surface area contributed by atoms with Gasteiger partial charge in [0.05, 0.1) is 18.7 Å². The van der Waals surface area contributed by atoms with Gasteiger partial charge in [0.15, 0.2) is 11.6 Å². The molecule has 2 aliphatic rings. The van der Waals surface area contributed by atoms with E-state index in [0.29, 0.717) is 42.5 Å². The van der Waals surface area contributed by atoms with Crippen molar-refractivity contribution in [1.29, 1.82) is 0 Å². The summed E-state index contributed by atoms with van der Waals surface area (Å²) in [4.78, 5) is 37.9. The van der Waals surface area contributed by atoms with E-state index in [0.717, 1.165) is 35.7 Å². The zero-order chi connectivity index (χ0) is 29.5. The summed E-state index contributed by atoms with van der Waals surface area (Å²) in [5.74, 6) is -0.0614. The van der Waals surface area contributed by atoms with Gasteiger partial charge < -0.3 is 14.5 Å². The van der Waals surface area contributed by atoms with Crippen LogP contribution in [0.1, 0.15) is 47.8 Å². The van der Waals surface area contributed by atoms with Crippen LogP contribution in [-0.2, 0) is 4.79 Å². The molecule has 0 bridgehead atoms. The van der Waals surface area contributed by atoms with Gasteiger partial charge in [-0.15, -0.1) is 0 Å². The fourth-order valence-electron chi connectivity index (χ4n) is 5.65. The molecule has 0 spiro atoms. The number of carbonyl (C=O) groups is 1. The third-order valence-corrected chi connectivity index (χ3v) is 8.02. The zero-order valence-electron chi connectivity index (χ0n) is 23.9. The van der Waals surface area contributed by atoms with Gasteiger partial charge in [-0.2, -0.15) is 9.97 Å². The van der Waals surface area contributed by atoms with Gasteiger partial charge in [0.25, 0.3) is 0 Å². The van der Waals surface area contributed by atoms with Crippen molar-refractivity contribution in [2.45, 2.75) is 45.1 Å². The number of likely N-dealkylation sites (N-methyl/N-ethyl adjacent to an activating group) is 1. The molecule has 4 aromatic rings. The number of fused-ring (bicyclic) bond motifs is 1. The molecule has 1 saturated carbocycles. The highest BCUT2D eigenvalue weighted by Gasteiger charge is 2.32. The number of hydrogen-bond acceptors (Lipinski definition) is 8. The number of amides is 1. The van der Waals surface area contributed by atoms with E-state index in [4.69, 9.17) is 4.74 Å². The summed E-state index contributed by atoms with van der Waals surface area (Å²) < 4.78 is 35.6. The third kappa shape index (κ3) is 5.15. The van der Waals surface area contributed by atoms with Crippen molar-refractivity contribution in [3.05, 3.63) is 70.9 Å². The molecule has 1 unspecified atom stereocenters. The average Bonchev–Trinajstić information content (AvgIpc) is 3.70. The summed E-state index contributed by atoms with van der Waals surface area (Å²) in [7, 11) is 3.30. The summed E-state index contributed by atoms with van der Waals surface area (Å²) in [6, 6.07) is 5.83. The summed E-state index contributed by atoms with van der Waals surface area (Å²) in [5, 5.41) is 0.458. The number of ether oxygens (including phenoxy) is 1. The highest BCUT2D eigenvalue weighted by molar-refractivity contribution is 5.93. The van der Waals surface area contributed by atoms with Crippen molar-refractivity contribution in [2.24, 2.45) is 0 Å². The van der Waals surface area contributed by atoms with Crippen LogP contribution in [0.2, 0.25) is 0 Å². The van der Waals surface area contributed by atoms with E-state index >= 15 is 4.39 Å². The Labute approximate surface area is 242 Å². The second-order valence-electron chi connectivity index (χ2n) is 10.8. The molecular formula is C31H31F2N7O2. The lowest BCUT2D eigenvalue weighted by molar-refractivity contribution is -0.124. The monoisotopic (exact) mass is 571 g/mol. The molecule has 0 radical (unpaired) electrons. The smallest absolute Gasteiger partial charge is 0.318 e. The highest BCUT2D eigenvalue weighted by Crippen LogP contribution is 2.46. The molecule has 216 valence electrons. The van der Waals surface area contributed by atoms with Crippen molar-refractivity contribution in [3.8, 4) is 17.3 Å². The Bertz CT molecular complexity index is 1720. The number of methoxy groups -OCH3 is 1. The summed E-state index contributed by atoms with van der Waals surface area (Å²) in [6.45, 7) is 4.61. The van der Waals surface area contributed by atoms with Crippen LogP contribution in [0, 0.1) is 25.5 Å². The number of aromatic nitrogens is 5. The van der Waals surface area contributed by atoms with Crippen LogP contribution in [0.15, 0.2) is 36.7 Å². The SMILES string of the molecule is COc1nc(N(C)C2CCN(C(=O)/C=C/c3nc(C)ncc3F)C2)c2cnc(-c3cccc(C)c3C3CC3)c(F)c2n1. The molecule has 6 rings (SSSR count). The number of pyridine rings is 1. The van der Waals surface area contributed by atoms with Crippen molar-refractivity contribution in [3.63, 3.8) is 0 Å². The maximum absolute atomic E-state index is 16.2. The molecule has 0 N–H and O–H groups in total. The van der Waals surface area contributed by atoms with Gasteiger partial charge in [0.2, 0.25) is 5.91 Å². The van der Waals surface area contributed by atoms with Crippen LogP contribution in [0.5, 0.6) is 6.01 Å². The fourth-order valence-corrected chi connectivity index (χ4v) is 5.65. The first-order valence-corrected chi connectivity index (χ1v) is 13.9. The Hall–Kier alpha value is -4.54. The van der Waals surface area contributed by atoms with Gasteiger partial charge in [-0.05, 0) is 56.2 Å². The van der Waals surface area contributed by atoms with E-state index < -0.39 is 11.6 Å². The lowest BCUT2D eigenvalue weighted by atomic mass is 9.95. The van der Waals surface area contributed by atoms with Crippen LogP contribution in [0.3, 0.4) is 0 Å². The largest absolute Gasteiger partial charge is 0.467 e. The van der Waals surface area contributed by atoms with Crippen LogP contribution < -0.4 is 9.64 Å². The molecule has 4 heterocycles. The Morgan fingerprint density at radius 1 is 1.10 bits per heavy atom. The number of aryl methyl sites for hydroxylation is 2. The predicted octanol–water partition coefficient (Wildman–Crippen LogP) is 5.01. The third-order valence-electron chi connectivity index (χ3n) is 8.02. The number of anilines is 1. The topological polar surface area (TPSA) is 97.2 Å². The molecule has 3 aromatic heterocycles. The van der Waals surface area contributed by atoms with Gasteiger partial charge in [-0.25, -0.2) is 18.7 Å². The molecule has 1 amide bonds. The van der Waals surface area contributed by atoms with Crippen molar-refractivity contribution >= 4 is 28.7 Å². The normalized spacial score (nSPS) is 16.9. The van der Waals surface area contributed by atoms with Gasteiger partial charge in [0.1, 0.15) is 28.5 Å². The number of hydrogen-bond donors (Lipinski definition) is 0.